The second kappa shape index (κ2) is 10.7. The number of benzene rings is 2. The molecule has 0 saturated carbocycles. The second-order valence-corrected chi connectivity index (χ2v) is 7.44. The highest BCUT2D eigenvalue weighted by Crippen LogP contribution is 2.24. The van der Waals surface area contributed by atoms with Gasteiger partial charge in [0.2, 0.25) is 5.91 Å². The summed E-state index contributed by atoms with van der Waals surface area (Å²) in [5.41, 5.74) is 1.71. The van der Waals surface area contributed by atoms with Gasteiger partial charge in [-0.3, -0.25) is 24.1 Å². The lowest BCUT2D eigenvalue weighted by atomic mass is 10.1. The molecule has 4 amide bonds. The van der Waals surface area contributed by atoms with Crippen molar-refractivity contribution < 1.29 is 23.9 Å². The molecule has 8 heteroatoms. The SMILES string of the molecule is CCN(Cc1ccccc1)C(=O)CNC(=O)c1ccc2c(c1)C(=O)N(CCCOC)C2=O. The molecule has 0 fully saturated rings. The summed E-state index contributed by atoms with van der Waals surface area (Å²) in [6.45, 7) is 3.38. The fraction of sp³-hybridized carbons (Fsp3) is 0.333. The van der Waals surface area contributed by atoms with Gasteiger partial charge in [0.15, 0.2) is 0 Å². The van der Waals surface area contributed by atoms with E-state index in [2.05, 4.69) is 5.32 Å². The number of nitrogens with zero attached hydrogens (tertiary/aromatic N) is 2. The predicted molar refractivity (Wildman–Crippen MR) is 118 cm³/mol. The zero-order valence-corrected chi connectivity index (χ0v) is 18.3. The molecule has 8 nitrogen and oxygen atoms in total. The van der Waals surface area contributed by atoms with Crippen molar-refractivity contribution in [3.63, 3.8) is 0 Å². The third kappa shape index (κ3) is 5.20. The van der Waals surface area contributed by atoms with Crippen LogP contribution >= 0.6 is 0 Å². The van der Waals surface area contributed by atoms with Gasteiger partial charge in [-0.25, -0.2) is 0 Å². The highest BCUT2D eigenvalue weighted by Gasteiger charge is 2.35. The van der Waals surface area contributed by atoms with Crippen molar-refractivity contribution in [3.05, 3.63) is 70.8 Å². The Kier molecular flexibility index (Phi) is 7.72. The zero-order valence-electron chi connectivity index (χ0n) is 18.3. The highest BCUT2D eigenvalue weighted by molar-refractivity contribution is 6.22. The maximum absolute atomic E-state index is 12.6. The van der Waals surface area contributed by atoms with E-state index in [0.717, 1.165) is 10.5 Å². The number of ether oxygens (including phenoxy) is 1. The monoisotopic (exact) mass is 437 g/mol. The normalized spacial score (nSPS) is 12.6. The van der Waals surface area contributed by atoms with Gasteiger partial charge < -0.3 is 15.0 Å². The van der Waals surface area contributed by atoms with Crippen LogP contribution in [0.3, 0.4) is 0 Å². The highest BCUT2D eigenvalue weighted by atomic mass is 16.5. The molecule has 3 rings (SSSR count). The minimum absolute atomic E-state index is 0.160. The van der Waals surface area contributed by atoms with Crippen LogP contribution in [0.15, 0.2) is 48.5 Å². The Hall–Kier alpha value is -3.52. The van der Waals surface area contributed by atoms with E-state index in [4.69, 9.17) is 4.74 Å². The van der Waals surface area contributed by atoms with E-state index < -0.39 is 11.8 Å². The van der Waals surface area contributed by atoms with Crippen molar-refractivity contribution in [1.82, 2.24) is 15.1 Å². The van der Waals surface area contributed by atoms with Crippen LogP contribution in [0.5, 0.6) is 0 Å². The maximum Gasteiger partial charge on any atom is 0.261 e. The zero-order chi connectivity index (χ0) is 23.1. The standard InChI is InChI=1S/C24H27N3O5/c1-3-26(16-17-8-5-4-6-9-17)21(28)15-25-22(29)18-10-11-19-20(14-18)24(31)27(23(19)30)12-7-13-32-2/h4-6,8-11,14H,3,7,12-13,15-16H2,1-2H3,(H,25,29). The number of methoxy groups -OCH3 is 1. The van der Waals surface area contributed by atoms with Crippen LogP contribution in [0.25, 0.3) is 0 Å². The van der Waals surface area contributed by atoms with Gasteiger partial charge >= 0.3 is 0 Å². The topological polar surface area (TPSA) is 96.0 Å². The van der Waals surface area contributed by atoms with Crippen molar-refractivity contribution in [1.29, 1.82) is 0 Å². The molecule has 1 heterocycles. The number of nitrogens with one attached hydrogen (secondary N) is 1. The maximum atomic E-state index is 12.6. The first-order chi connectivity index (χ1) is 15.5. The summed E-state index contributed by atoms with van der Waals surface area (Å²) < 4.78 is 4.97. The number of likely N-dealkylation sites (N-methyl/N-ethyl adjacent to an activating group) is 1. The first-order valence-corrected chi connectivity index (χ1v) is 10.5. The predicted octanol–water partition coefficient (Wildman–Crippen LogP) is 2.10. The van der Waals surface area contributed by atoms with E-state index in [1.165, 1.54) is 18.2 Å². The van der Waals surface area contributed by atoms with Crippen LogP contribution in [0.4, 0.5) is 0 Å². The molecular weight excluding hydrogens is 410 g/mol. The lowest BCUT2D eigenvalue weighted by Crippen LogP contribution is -2.39. The Balaban J connectivity index is 1.61. The minimum atomic E-state index is -0.477. The number of hydrogen-bond donors (Lipinski definition) is 1. The number of carbonyl (C=O) groups is 4. The van der Waals surface area contributed by atoms with E-state index in [0.29, 0.717) is 26.1 Å². The van der Waals surface area contributed by atoms with E-state index in [1.54, 1.807) is 12.0 Å². The molecule has 0 aliphatic carbocycles. The number of rotatable bonds is 10. The minimum Gasteiger partial charge on any atom is -0.385 e. The Morgan fingerprint density at radius 2 is 1.75 bits per heavy atom. The summed E-state index contributed by atoms with van der Waals surface area (Å²) in [6, 6.07) is 14.0. The van der Waals surface area contributed by atoms with Crippen molar-refractivity contribution in [2.45, 2.75) is 19.9 Å². The Morgan fingerprint density at radius 1 is 1.03 bits per heavy atom. The Labute approximate surface area is 187 Å². The van der Waals surface area contributed by atoms with Crippen molar-refractivity contribution >= 4 is 23.6 Å². The van der Waals surface area contributed by atoms with Gasteiger partial charge in [-0.15, -0.1) is 0 Å². The summed E-state index contributed by atoms with van der Waals surface area (Å²) in [4.78, 5) is 53.1. The van der Waals surface area contributed by atoms with Gasteiger partial charge in [-0.1, -0.05) is 30.3 Å². The molecular formula is C24H27N3O5. The van der Waals surface area contributed by atoms with E-state index in [9.17, 15) is 19.2 Å². The van der Waals surface area contributed by atoms with Gasteiger partial charge in [0.1, 0.15) is 0 Å². The number of imide groups is 1. The number of fused-ring (bicyclic) bond motifs is 1. The summed E-state index contributed by atoms with van der Waals surface area (Å²) in [6.07, 6.45) is 0.536. The molecule has 0 bridgehead atoms. The number of carbonyl (C=O) groups excluding carboxylic acids is 4. The fourth-order valence-electron chi connectivity index (χ4n) is 3.55. The average molecular weight is 437 g/mol. The van der Waals surface area contributed by atoms with Crippen LogP contribution in [-0.2, 0) is 16.1 Å². The molecule has 168 valence electrons. The summed E-state index contributed by atoms with van der Waals surface area (Å²) in [5.74, 6) is -1.48. The first-order valence-electron chi connectivity index (χ1n) is 10.5. The van der Waals surface area contributed by atoms with Crippen LogP contribution in [0, 0.1) is 0 Å². The van der Waals surface area contributed by atoms with Crippen LogP contribution in [0.1, 0.15) is 50.0 Å². The average Bonchev–Trinajstić information content (AvgIpc) is 3.05. The van der Waals surface area contributed by atoms with Crippen LogP contribution in [-0.4, -0.2) is 66.8 Å². The fourth-order valence-corrected chi connectivity index (χ4v) is 3.55. The number of amides is 4. The van der Waals surface area contributed by atoms with Crippen LogP contribution in [0.2, 0.25) is 0 Å². The molecule has 1 aliphatic rings. The molecule has 32 heavy (non-hydrogen) atoms. The third-order valence-corrected chi connectivity index (χ3v) is 5.31. The third-order valence-electron chi connectivity index (χ3n) is 5.31. The van der Waals surface area contributed by atoms with Crippen molar-refractivity contribution in [2.75, 3.05) is 33.4 Å². The molecule has 1 N–H and O–H groups in total. The smallest absolute Gasteiger partial charge is 0.261 e. The van der Waals surface area contributed by atoms with Gasteiger partial charge in [0.05, 0.1) is 17.7 Å². The first kappa shape index (κ1) is 23.1. The lowest BCUT2D eigenvalue weighted by Gasteiger charge is -2.21. The summed E-state index contributed by atoms with van der Waals surface area (Å²) >= 11 is 0. The molecule has 2 aromatic carbocycles. The van der Waals surface area contributed by atoms with E-state index >= 15 is 0 Å². The molecule has 0 unspecified atom stereocenters. The molecule has 2 aromatic rings. The van der Waals surface area contributed by atoms with Gasteiger partial charge in [0, 0.05) is 38.9 Å². The van der Waals surface area contributed by atoms with Crippen molar-refractivity contribution in [3.8, 4) is 0 Å². The van der Waals surface area contributed by atoms with E-state index in [-0.39, 0.29) is 41.6 Å². The Morgan fingerprint density at radius 3 is 2.44 bits per heavy atom. The quantitative estimate of drug-likeness (QED) is 0.454. The largest absolute Gasteiger partial charge is 0.385 e. The molecule has 0 atom stereocenters. The van der Waals surface area contributed by atoms with E-state index in [1.807, 2.05) is 37.3 Å². The summed E-state index contributed by atoms with van der Waals surface area (Å²) in [7, 11) is 1.55. The molecule has 0 radical (unpaired) electrons. The molecule has 0 aromatic heterocycles. The van der Waals surface area contributed by atoms with Crippen LogP contribution < -0.4 is 5.32 Å². The van der Waals surface area contributed by atoms with Gasteiger partial charge in [0.25, 0.3) is 17.7 Å². The molecule has 0 saturated heterocycles. The molecule has 0 spiro atoms. The Bertz CT molecular complexity index is 1010. The number of hydrogen-bond acceptors (Lipinski definition) is 5. The van der Waals surface area contributed by atoms with Gasteiger partial charge in [-0.05, 0) is 37.1 Å². The lowest BCUT2D eigenvalue weighted by molar-refractivity contribution is -0.130. The summed E-state index contributed by atoms with van der Waals surface area (Å²) in [5, 5.41) is 2.61. The molecule has 1 aliphatic heterocycles. The second-order valence-electron chi connectivity index (χ2n) is 7.44. The van der Waals surface area contributed by atoms with Gasteiger partial charge in [-0.2, -0.15) is 0 Å². The van der Waals surface area contributed by atoms with Crippen molar-refractivity contribution in [2.24, 2.45) is 0 Å².